The maximum atomic E-state index is 12.1. The van der Waals surface area contributed by atoms with Crippen LogP contribution in [0.1, 0.15) is 42.1 Å². The van der Waals surface area contributed by atoms with Crippen molar-refractivity contribution in [1.29, 1.82) is 0 Å². The van der Waals surface area contributed by atoms with Crippen molar-refractivity contribution in [3.05, 3.63) is 45.9 Å². The van der Waals surface area contributed by atoms with Gasteiger partial charge >= 0.3 is 0 Å². The van der Waals surface area contributed by atoms with Crippen LogP contribution in [0.5, 0.6) is 0 Å². The number of carbonyl (C=O) groups is 1. The Bertz CT molecular complexity index is 634. The number of carbonyl (C=O) groups excluding carboxylic acids is 1. The zero-order chi connectivity index (χ0) is 14.7. The van der Waals surface area contributed by atoms with E-state index in [0.717, 1.165) is 30.6 Å². The number of nitrogens with zero attached hydrogens (tertiary/aromatic N) is 1. The van der Waals surface area contributed by atoms with Gasteiger partial charge in [0.15, 0.2) is 0 Å². The van der Waals surface area contributed by atoms with E-state index in [1.807, 2.05) is 17.5 Å². The van der Waals surface area contributed by atoms with Crippen molar-refractivity contribution >= 4 is 47.7 Å². The van der Waals surface area contributed by atoms with E-state index in [1.54, 1.807) is 16.8 Å². The highest BCUT2D eigenvalue weighted by Gasteiger charge is 2.21. The molecule has 4 nitrogen and oxygen atoms in total. The average Bonchev–Trinajstić information content (AvgIpc) is 2.98. The van der Waals surface area contributed by atoms with Gasteiger partial charge < -0.3 is 11.1 Å². The summed E-state index contributed by atoms with van der Waals surface area (Å²) in [7, 11) is 0. The Hall–Kier alpha value is -1.30. The molecular weight excluding hydrogens is 353 g/mol. The fourth-order valence-electron chi connectivity index (χ4n) is 2.85. The first-order valence-corrected chi connectivity index (χ1v) is 8.21. The molecule has 1 aromatic heterocycles. The summed E-state index contributed by atoms with van der Waals surface area (Å²) in [4.78, 5) is 16.3. The van der Waals surface area contributed by atoms with Crippen molar-refractivity contribution in [3.63, 3.8) is 0 Å². The number of nitrogens with two attached hydrogens (primary N) is 1. The molecule has 1 unspecified atom stereocenters. The molecule has 1 amide bonds. The second-order valence-electron chi connectivity index (χ2n) is 5.45. The number of hydrogen-bond acceptors (Lipinski definition) is 4. The van der Waals surface area contributed by atoms with E-state index in [-0.39, 0.29) is 36.8 Å². The third kappa shape index (κ3) is 5.09. The molecule has 0 bridgehead atoms. The molecule has 126 valence electrons. The van der Waals surface area contributed by atoms with Crippen LogP contribution in [0.15, 0.2) is 29.1 Å². The molecule has 0 spiro atoms. The fourth-order valence-corrected chi connectivity index (χ4v) is 3.45. The third-order valence-electron chi connectivity index (χ3n) is 3.91. The number of rotatable bonds is 4. The molecule has 0 fully saturated rings. The standard InChI is InChI=1S/C16H19N3OS.2ClH/c17-12-4-6-14-11(8-12)2-1-3-15(14)19-16(20)7-5-13-9-21-10-18-13;;/h4,6,8-10,15H,1-3,5,7,17H2,(H,19,20);2*1H. The summed E-state index contributed by atoms with van der Waals surface area (Å²) < 4.78 is 0. The molecule has 1 aromatic carbocycles. The number of nitrogen functional groups attached to an aromatic ring is 1. The third-order valence-corrected chi connectivity index (χ3v) is 4.54. The number of hydrogen-bond donors (Lipinski definition) is 2. The molecule has 1 aliphatic carbocycles. The van der Waals surface area contributed by atoms with Crippen molar-refractivity contribution in [2.24, 2.45) is 0 Å². The molecule has 7 heteroatoms. The van der Waals surface area contributed by atoms with E-state index < -0.39 is 0 Å². The second kappa shape index (κ2) is 9.11. The number of thiazole rings is 1. The number of anilines is 1. The van der Waals surface area contributed by atoms with Crippen LogP contribution in [-0.2, 0) is 17.6 Å². The minimum absolute atomic E-state index is 0. The van der Waals surface area contributed by atoms with Gasteiger partial charge in [-0.1, -0.05) is 6.07 Å². The molecule has 0 saturated heterocycles. The van der Waals surface area contributed by atoms with Crippen LogP contribution in [0.2, 0.25) is 0 Å². The predicted octanol–water partition coefficient (Wildman–Crippen LogP) is 3.70. The quantitative estimate of drug-likeness (QED) is 0.802. The van der Waals surface area contributed by atoms with Gasteiger partial charge in [0.1, 0.15) is 0 Å². The highest BCUT2D eigenvalue weighted by atomic mass is 35.5. The number of aromatic nitrogens is 1. The Morgan fingerprint density at radius 3 is 2.96 bits per heavy atom. The number of amides is 1. The van der Waals surface area contributed by atoms with Gasteiger partial charge in [0, 0.05) is 17.5 Å². The van der Waals surface area contributed by atoms with E-state index in [0.29, 0.717) is 12.8 Å². The maximum absolute atomic E-state index is 12.1. The first-order chi connectivity index (χ1) is 10.2. The van der Waals surface area contributed by atoms with Gasteiger partial charge in [0.05, 0.1) is 17.2 Å². The van der Waals surface area contributed by atoms with Crippen LogP contribution in [-0.4, -0.2) is 10.9 Å². The van der Waals surface area contributed by atoms with Gasteiger partial charge in [-0.15, -0.1) is 36.2 Å². The zero-order valence-electron chi connectivity index (χ0n) is 12.7. The molecule has 1 heterocycles. The minimum atomic E-state index is 0. The number of nitrogens with one attached hydrogen (secondary N) is 1. The van der Waals surface area contributed by atoms with E-state index in [1.165, 1.54) is 11.1 Å². The maximum Gasteiger partial charge on any atom is 0.220 e. The van der Waals surface area contributed by atoms with Gasteiger partial charge in [0.2, 0.25) is 5.91 Å². The molecule has 2 aromatic rings. The fraction of sp³-hybridized carbons (Fsp3) is 0.375. The highest BCUT2D eigenvalue weighted by Crippen LogP contribution is 2.31. The molecule has 0 saturated carbocycles. The molecular formula is C16H21Cl2N3OS. The molecule has 0 aliphatic heterocycles. The Balaban J connectivity index is 0.00000132. The molecule has 1 aliphatic rings. The van der Waals surface area contributed by atoms with Gasteiger partial charge in [-0.2, -0.15) is 0 Å². The van der Waals surface area contributed by atoms with Crippen molar-refractivity contribution in [1.82, 2.24) is 10.3 Å². The highest BCUT2D eigenvalue weighted by molar-refractivity contribution is 7.07. The van der Waals surface area contributed by atoms with Gasteiger partial charge in [0.25, 0.3) is 0 Å². The smallest absolute Gasteiger partial charge is 0.220 e. The number of halogens is 2. The lowest BCUT2D eigenvalue weighted by molar-refractivity contribution is -0.121. The summed E-state index contributed by atoms with van der Waals surface area (Å²) in [5.74, 6) is 0.0951. The summed E-state index contributed by atoms with van der Waals surface area (Å²) in [6, 6.07) is 6.12. The Labute approximate surface area is 152 Å². The van der Waals surface area contributed by atoms with Crippen molar-refractivity contribution in [2.45, 2.75) is 38.1 Å². The summed E-state index contributed by atoms with van der Waals surface area (Å²) >= 11 is 1.56. The molecule has 23 heavy (non-hydrogen) atoms. The van der Waals surface area contributed by atoms with Crippen molar-refractivity contribution in [2.75, 3.05) is 5.73 Å². The van der Waals surface area contributed by atoms with Crippen molar-refractivity contribution < 1.29 is 4.79 Å². The van der Waals surface area contributed by atoms with Crippen LogP contribution < -0.4 is 11.1 Å². The van der Waals surface area contributed by atoms with E-state index in [2.05, 4.69) is 16.4 Å². The predicted molar refractivity (Wildman–Crippen MR) is 99.6 cm³/mol. The number of aryl methyl sites for hydroxylation is 2. The van der Waals surface area contributed by atoms with Crippen molar-refractivity contribution in [3.8, 4) is 0 Å². The molecule has 0 radical (unpaired) electrons. The Morgan fingerprint density at radius 2 is 2.22 bits per heavy atom. The van der Waals surface area contributed by atoms with Crippen LogP contribution in [0, 0.1) is 0 Å². The van der Waals surface area contributed by atoms with Gasteiger partial charge in [-0.25, -0.2) is 4.98 Å². The minimum Gasteiger partial charge on any atom is -0.399 e. The molecule has 3 rings (SSSR count). The lowest BCUT2D eigenvalue weighted by Gasteiger charge is -2.26. The molecule has 3 N–H and O–H groups in total. The lowest BCUT2D eigenvalue weighted by atomic mass is 9.87. The Morgan fingerprint density at radius 1 is 1.39 bits per heavy atom. The summed E-state index contributed by atoms with van der Waals surface area (Å²) in [5.41, 5.74) is 11.9. The van der Waals surface area contributed by atoms with E-state index in [9.17, 15) is 4.79 Å². The van der Waals surface area contributed by atoms with Gasteiger partial charge in [-0.05, 0) is 48.9 Å². The normalized spacial score (nSPS) is 15.7. The number of benzene rings is 1. The lowest BCUT2D eigenvalue weighted by Crippen LogP contribution is -2.31. The van der Waals surface area contributed by atoms with Crippen LogP contribution in [0.3, 0.4) is 0 Å². The van der Waals surface area contributed by atoms with E-state index >= 15 is 0 Å². The largest absolute Gasteiger partial charge is 0.399 e. The Kier molecular flexibility index (Phi) is 7.82. The first-order valence-electron chi connectivity index (χ1n) is 7.27. The topological polar surface area (TPSA) is 68.0 Å². The average molecular weight is 374 g/mol. The van der Waals surface area contributed by atoms with Crippen LogP contribution in [0.4, 0.5) is 5.69 Å². The summed E-state index contributed by atoms with van der Waals surface area (Å²) in [5, 5.41) is 5.14. The SMILES string of the molecule is Cl.Cl.Nc1ccc2c(c1)CCCC2NC(=O)CCc1cscn1. The van der Waals surface area contributed by atoms with Crippen LogP contribution >= 0.6 is 36.2 Å². The van der Waals surface area contributed by atoms with E-state index in [4.69, 9.17) is 5.73 Å². The second-order valence-corrected chi connectivity index (χ2v) is 6.17. The number of fused-ring (bicyclic) bond motifs is 1. The monoisotopic (exact) mass is 373 g/mol. The summed E-state index contributed by atoms with van der Waals surface area (Å²) in [6.45, 7) is 0. The first kappa shape index (κ1) is 19.7. The van der Waals surface area contributed by atoms with Gasteiger partial charge in [-0.3, -0.25) is 4.79 Å². The molecule has 1 atom stereocenters. The zero-order valence-corrected chi connectivity index (χ0v) is 15.1. The van der Waals surface area contributed by atoms with Crippen LogP contribution in [0.25, 0.3) is 0 Å². The summed E-state index contributed by atoms with van der Waals surface area (Å²) in [6.07, 6.45) is 4.33.